The Kier molecular flexibility index (Phi) is 6.96. The van der Waals surface area contributed by atoms with E-state index in [1.165, 1.54) is 5.56 Å². The van der Waals surface area contributed by atoms with Crippen molar-refractivity contribution < 1.29 is 4.74 Å². The van der Waals surface area contributed by atoms with Crippen LogP contribution in [0.15, 0.2) is 34.5 Å². The average Bonchev–Trinajstić information content (AvgIpc) is 3.17. The van der Waals surface area contributed by atoms with Gasteiger partial charge in [0.25, 0.3) is 0 Å². The normalized spacial score (nSPS) is 26.2. The lowest BCUT2D eigenvalue weighted by atomic mass is 9.94. The van der Waals surface area contributed by atoms with Gasteiger partial charge in [0.1, 0.15) is 11.7 Å². The molecule has 1 aromatic rings. The molecule has 7 heteroatoms. The summed E-state index contributed by atoms with van der Waals surface area (Å²) in [6.07, 6.45) is 5.43. The summed E-state index contributed by atoms with van der Waals surface area (Å²) in [6.45, 7) is 8.43. The minimum absolute atomic E-state index is 0.330. The number of likely N-dealkylation sites (tertiary alicyclic amines) is 1. The summed E-state index contributed by atoms with van der Waals surface area (Å²) in [5.41, 5.74) is 7.13. The Hall–Kier alpha value is -1.63. The van der Waals surface area contributed by atoms with Crippen LogP contribution in [0.4, 0.5) is 0 Å². The van der Waals surface area contributed by atoms with Gasteiger partial charge in [-0.15, -0.1) is 10.2 Å². The molecule has 2 fully saturated rings. The lowest BCUT2D eigenvalue weighted by molar-refractivity contribution is -0.0908. The van der Waals surface area contributed by atoms with Gasteiger partial charge in [-0.1, -0.05) is 37.6 Å². The minimum atomic E-state index is 0.330. The molecular weight excluding hydrogens is 398 g/mol. The summed E-state index contributed by atoms with van der Waals surface area (Å²) in [4.78, 5) is 5.10. The van der Waals surface area contributed by atoms with Crippen molar-refractivity contribution in [3.8, 4) is 0 Å². The number of ether oxygens (including phenoxy) is 1. The molecule has 3 aliphatic rings. The summed E-state index contributed by atoms with van der Waals surface area (Å²) >= 11 is 6.08. The second-order valence-electron chi connectivity index (χ2n) is 9.27. The lowest BCUT2D eigenvalue weighted by Crippen LogP contribution is -2.57. The van der Waals surface area contributed by atoms with Gasteiger partial charge >= 0.3 is 0 Å². The molecule has 3 aliphatic heterocycles. The molecule has 2 saturated heterocycles. The Morgan fingerprint density at radius 1 is 1.17 bits per heavy atom. The SMILES string of the molecule is CC(C)C[C@H]1CN(C2CCN(C3=NN=C(N)C3)CC2)[C@@H](Cc2ccc(Cl)cc2)CO1. The Balaban J connectivity index is 1.41. The highest BCUT2D eigenvalue weighted by atomic mass is 35.5. The number of benzene rings is 1. The zero-order chi connectivity index (χ0) is 21.1. The summed E-state index contributed by atoms with van der Waals surface area (Å²) in [5, 5.41) is 9.06. The standard InChI is InChI=1S/C23H34ClN5O/c1-16(2)11-21-14-29(20(15-30-21)12-17-3-5-18(24)6-4-17)19-7-9-28(10-8-19)23-13-22(25)26-27-23/h3-6,16,19-21H,7-15H2,1-2H3,(H2,25,26)/t20-,21-/m0/s1. The summed E-state index contributed by atoms with van der Waals surface area (Å²) in [5.74, 6) is 2.31. The monoisotopic (exact) mass is 431 g/mol. The van der Waals surface area contributed by atoms with E-state index in [1.807, 2.05) is 12.1 Å². The second kappa shape index (κ2) is 9.67. The predicted octanol–water partition coefficient (Wildman–Crippen LogP) is 3.54. The Bertz CT molecular complexity index is 770. The molecule has 6 nitrogen and oxygen atoms in total. The second-order valence-corrected chi connectivity index (χ2v) is 9.71. The van der Waals surface area contributed by atoms with Gasteiger partial charge in [0.15, 0.2) is 0 Å². The third-order valence-corrected chi connectivity index (χ3v) is 6.71. The average molecular weight is 432 g/mol. The van der Waals surface area contributed by atoms with Gasteiger partial charge in [-0.25, -0.2) is 0 Å². The maximum Gasteiger partial charge on any atom is 0.135 e. The van der Waals surface area contributed by atoms with Crippen LogP contribution >= 0.6 is 11.6 Å². The van der Waals surface area contributed by atoms with Crippen molar-refractivity contribution in [2.24, 2.45) is 21.9 Å². The first-order chi connectivity index (χ1) is 14.5. The van der Waals surface area contributed by atoms with Crippen LogP contribution in [-0.2, 0) is 11.2 Å². The van der Waals surface area contributed by atoms with Crippen LogP contribution < -0.4 is 5.73 Å². The van der Waals surface area contributed by atoms with Crippen LogP contribution in [-0.4, -0.2) is 65.9 Å². The highest BCUT2D eigenvalue weighted by molar-refractivity contribution is 6.30. The first-order valence-corrected chi connectivity index (χ1v) is 11.6. The summed E-state index contributed by atoms with van der Waals surface area (Å²) in [6, 6.07) is 9.26. The van der Waals surface area contributed by atoms with Crippen LogP contribution in [0.1, 0.15) is 45.1 Å². The molecule has 2 atom stereocenters. The highest BCUT2D eigenvalue weighted by Gasteiger charge is 2.36. The number of amidine groups is 2. The summed E-state index contributed by atoms with van der Waals surface area (Å²) in [7, 11) is 0. The first kappa shape index (κ1) is 21.6. The molecule has 0 aliphatic carbocycles. The van der Waals surface area contributed by atoms with E-state index in [0.29, 0.717) is 36.4 Å². The molecule has 1 aromatic carbocycles. The quantitative estimate of drug-likeness (QED) is 0.774. The van der Waals surface area contributed by atoms with Gasteiger partial charge in [0.2, 0.25) is 0 Å². The Morgan fingerprint density at radius 2 is 1.90 bits per heavy atom. The number of morpholine rings is 1. The van der Waals surface area contributed by atoms with Gasteiger partial charge in [-0.2, -0.15) is 0 Å². The molecule has 0 spiro atoms. The first-order valence-electron chi connectivity index (χ1n) is 11.2. The molecule has 0 bridgehead atoms. The lowest BCUT2D eigenvalue weighted by Gasteiger charge is -2.47. The number of halogens is 1. The highest BCUT2D eigenvalue weighted by Crippen LogP contribution is 2.27. The molecule has 2 N–H and O–H groups in total. The molecule has 3 heterocycles. The number of nitrogens with zero attached hydrogens (tertiary/aromatic N) is 4. The van der Waals surface area contributed by atoms with E-state index in [2.05, 4.69) is 46.0 Å². The number of piperidine rings is 1. The maximum atomic E-state index is 6.31. The smallest absolute Gasteiger partial charge is 0.135 e. The van der Waals surface area contributed by atoms with Gasteiger partial charge in [0, 0.05) is 36.7 Å². The van der Waals surface area contributed by atoms with Gasteiger partial charge in [0.05, 0.1) is 19.1 Å². The van der Waals surface area contributed by atoms with Crippen LogP contribution in [0.2, 0.25) is 5.02 Å². The fourth-order valence-corrected chi connectivity index (χ4v) is 5.08. The fraction of sp³-hybridized carbons (Fsp3) is 0.652. The molecule has 0 amide bonds. The van der Waals surface area contributed by atoms with Crippen molar-refractivity contribution in [1.29, 1.82) is 0 Å². The van der Waals surface area contributed by atoms with E-state index in [0.717, 1.165) is 62.8 Å². The number of nitrogens with two attached hydrogens (primary N) is 1. The molecule has 164 valence electrons. The van der Waals surface area contributed by atoms with Crippen molar-refractivity contribution in [2.75, 3.05) is 26.2 Å². The van der Waals surface area contributed by atoms with E-state index >= 15 is 0 Å². The predicted molar refractivity (Wildman–Crippen MR) is 123 cm³/mol. The van der Waals surface area contributed by atoms with Gasteiger partial charge in [-0.05, 0) is 49.3 Å². The van der Waals surface area contributed by atoms with Crippen LogP contribution in [0.3, 0.4) is 0 Å². The third-order valence-electron chi connectivity index (χ3n) is 6.46. The Labute approximate surface area is 185 Å². The molecule has 0 unspecified atom stereocenters. The van der Waals surface area contributed by atoms with E-state index in [1.54, 1.807) is 0 Å². The van der Waals surface area contributed by atoms with Gasteiger partial charge in [-0.3, -0.25) is 4.90 Å². The molecular formula is C23H34ClN5O. The van der Waals surface area contributed by atoms with Crippen molar-refractivity contribution in [1.82, 2.24) is 9.80 Å². The van der Waals surface area contributed by atoms with E-state index in [-0.39, 0.29) is 0 Å². The maximum absolute atomic E-state index is 6.31. The van der Waals surface area contributed by atoms with Crippen molar-refractivity contribution >= 4 is 23.3 Å². The minimum Gasteiger partial charge on any atom is -0.385 e. The number of hydrogen-bond acceptors (Lipinski definition) is 6. The van der Waals surface area contributed by atoms with Crippen molar-refractivity contribution in [3.63, 3.8) is 0 Å². The van der Waals surface area contributed by atoms with Crippen LogP contribution in [0, 0.1) is 5.92 Å². The largest absolute Gasteiger partial charge is 0.385 e. The molecule has 30 heavy (non-hydrogen) atoms. The zero-order valence-corrected chi connectivity index (χ0v) is 18.9. The van der Waals surface area contributed by atoms with Crippen LogP contribution in [0.5, 0.6) is 0 Å². The van der Waals surface area contributed by atoms with Crippen LogP contribution in [0.25, 0.3) is 0 Å². The molecule has 4 rings (SSSR count). The fourth-order valence-electron chi connectivity index (χ4n) is 4.95. The summed E-state index contributed by atoms with van der Waals surface area (Å²) < 4.78 is 6.31. The third kappa shape index (κ3) is 5.34. The number of rotatable bonds is 5. The van der Waals surface area contributed by atoms with Gasteiger partial charge < -0.3 is 15.4 Å². The van der Waals surface area contributed by atoms with E-state index in [9.17, 15) is 0 Å². The number of hydrogen-bond donors (Lipinski definition) is 1. The van der Waals surface area contributed by atoms with Crippen molar-refractivity contribution in [3.05, 3.63) is 34.9 Å². The van der Waals surface area contributed by atoms with E-state index in [4.69, 9.17) is 22.1 Å². The van der Waals surface area contributed by atoms with E-state index < -0.39 is 0 Å². The molecule has 0 radical (unpaired) electrons. The zero-order valence-electron chi connectivity index (χ0n) is 18.1. The topological polar surface area (TPSA) is 66.5 Å². The Morgan fingerprint density at radius 3 is 2.53 bits per heavy atom. The molecule has 0 saturated carbocycles. The van der Waals surface area contributed by atoms with Crippen molar-refractivity contribution in [2.45, 2.75) is 64.1 Å². The molecule has 0 aromatic heterocycles.